The van der Waals surface area contributed by atoms with Crippen molar-refractivity contribution in [2.75, 3.05) is 13.2 Å². The van der Waals surface area contributed by atoms with Gasteiger partial charge in [-0.3, -0.25) is 9.59 Å². The molecule has 0 radical (unpaired) electrons. The van der Waals surface area contributed by atoms with Gasteiger partial charge in [-0.2, -0.15) is 0 Å². The summed E-state index contributed by atoms with van der Waals surface area (Å²) in [6.45, 7) is 2.23. The zero-order chi connectivity index (χ0) is 23.6. The monoisotopic (exact) mass is 468 g/mol. The predicted molar refractivity (Wildman–Crippen MR) is 126 cm³/mol. The lowest BCUT2D eigenvalue weighted by atomic mass is 10.0. The molecule has 2 amide bonds. The van der Waals surface area contributed by atoms with Gasteiger partial charge in [0.05, 0.1) is 5.02 Å². The van der Waals surface area contributed by atoms with Crippen LogP contribution in [0.5, 0.6) is 5.75 Å². The van der Waals surface area contributed by atoms with Crippen LogP contribution >= 0.6 is 11.6 Å². The van der Waals surface area contributed by atoms with Crippen molar-refractivity contribution in [1.82, 2.24) is 10.2 Å². The highest BCUT2D eigenvalue weighted by Crippen LogP contribution is 2.26. The summed E-state index contributed by atoms with van der Waals surface area (Å²) in [6.07, 6.45) is 0.759. The summed E-state index contributed by atoms with van der Waals surface area (Å²) in [5.74, 6) is -0.698. The topological polar surface area (TPSA) is 58.6 Å². The third-order valence-corrected chi connectivity index (χ3v) is 5.31. The Labute approximate surface area is 198 Å². The zero-order valence-corrected chi connectivity index (χ0v) is 19.1. The summed E-state index contributed by atoms with van der Waals surface area (Å²) in [7, 11) is 0. The minimum absolute atomic E-state index is 0.101. The number of halogens is 2. The summed E-state index contributed by atoms with van der Waals surface area (Å²) in [5.41, 5.74) is 1.35. The largest absolute Gasteiger partial charge is 0.482 e. The average molecular weight is 469 g/mol. The second kappa shape index (κ2) is 12.0. The normalized spacial score (nSPS) is 11.5. The van der Waals surface area contributed by atoms with E-state index >= 15 is 0 Å². The summed E-state index contributed by atoms with van der Waals surface area (Å²) in [5, 5.41) is 3.27. The van der Waals surface area contributed by atoms with E-state index in [1.54, 1.807) is 48.5 Å². The Balaban J connectivity index is 1.93. The molecule has 0 heterocycles. The van der Waals surface area contributed by atoms with Crippen LogP contribution in [0.2, 0.25) is 5.02 Å². The molecule has 0 saturated heterocycles. The first-order valence-electron chi connectivity index (χ1n) is 10.7. The van der Waals surface area contributed by atoms with E-state index in [0.29, 0.717) is 28.4 Å². The van der Waals surface area contributed by atoms with E-state index in [9.17, 15) is 14.0 Å². The van der Waals surface area contributed by atoms with Gasteiger partial charge >= 0.3 is 0 Å². The van der Waals surface area contributed by atoms with Gasteiger partial charge in [-0.25, -0.2) is 4.39 Å². The number of amides is 2. The number of benzene rings is 3. The molecule has 1 N–H and O–H groups in total. The van der Waals surface area contributed by atoms with E-state index in [4.69, 9.17) is 16.3 Å². The van der Waals surface area contributed by atoms with Crippen LogP contribution < -0.4 is 10.1 Å². The molecule has 1 atom stereocenters. The molecule has 0 bridgehead atoms. The van der Waals surface area contributed by atoms with Gasteiger partial charge < -0.3 is 15.0 Å². The van der Waals surface area contributed by atoms with E-state index in [1.165, 1.54) is 17.0 Å². The number of hydrogen-bond donors (Lipinski definition) is 1. The van der Waals surface area contributed by atoms with Crippen LogP contribution in [0.4, 0.5) is 4.39 Å². The van der Waals surface area contributed by atoms with Gasteiger partial charge in [0, 0.05) is 13.1 Å². The number of nitrogens with zero attached hydrogens (tertiary/aromatic N) is 1. The standard InChI is InChI=1S/C26H26ClFN2O3/c1-2-16-29-26(32)25(20-8-4-3-5-9-20)30(17-19-12-14-21(28)15-13-19)24(31)18-33-23-11-7-6-10-22(23)27/h3-15,25H,2,16-18H2,1H3,(H,29,32)/t25-/m0/s1. The number of hydrogen-bond acceptors (Lipinski definition) is 3. The first-order chi connectivity index (χ1) is 16.0. The minimum atomic E-state index is -0.884. The molecular weight excluding hydrogens is 443 g/mol. The Kier molecular flexibility index (Phi) is 8.84. The highest BCUT2D eigenvalue weighted by molar-refractivity contribution is 6.32. The van der Waals surface area contributed by atoms with E-state index in [0.717, 1.165) is 6.42 Å². The summed E-state index contributed by atoms with van der Waals surface area (Å²) >= 11 is 6.15. The molecule has 0 unspecified atom stereocenters. The third-order valence-electron chi connectivity index (χ3n) is 5.00. The molecule has 33 heavy (non-hydrogen) atoms. The molecule has 5 nitrogen and oxygen atoms in total. The van der Waals surface area contributed by atoms with Crippen molar-refractivity contribution in [3.05, 3.63) is 101 Å². The van der Waals surface area contributed by atoms with Gasteiger partial charge in [0.1, 0.15) is 17.6 Å². The molecule has 172 valence electrons. The lowest BCUT2D eigenvalue weighted by Crippen LogP contribution is -2.45. The summed E-state index contributed by atoms with van der Waals surface area (Å²) in [4.78, 5) is 28.0. The van der Waals surface area contributed by atoms with Crippen molar-refractivity contribution in [1.29, 1.82) is 0 Å². The molecular formula is C26H26ClFN2O3. The molecule has 0 aliphatic rings. The highest BCUT2D eigenvalue weighted by Gasteiger charge is 2.31. The maximum Gasteiger partial charge on any atom is 0.261 e. The number of para-hydroxylation sites is 1. The van der Waals surface area contributed by atoms with Crippen molar-refractivity contribution in [3.63, 3.8) is 0 Å². The second-order valence-corrected chi connectivity index (χ2v) is 7.88. The van der Waals surface area contributed by atoms with Gasteiger partial charge in [-0.1, -0.05) is 73.1 Å². The fourth-order valence-electron chi connectivity index (χ4n) is 3.35. The first-order valence-corrected chi connectivity index (χ1v) is 11.1. The Morgan fingerprint density at radius 1 is 1.00 bits per heavy atom. The molecule has 3 rings (SSSR count). The van der Waals surface area contributed by atoms with Crippen molar-refractivity contribution in [3.8, 4) is 5.75 Å². The van der Waals surface area contributed by atoms with Crippen molar-refractivity contribution < 1.29 is 18.7 Å². The molecule has 7 heteroatoms. The number of ether oxygens (including phenoxy) is 1. The Hall–Kier alpha value is -3.38. The van der Waals surface area contributed by atoms with Crippen LogP contribution in [0.25, 0.3) is 0 Å². The number of carbonyl (C=O) groups excluding carboxylic acids is 2. The molecule has 0 aromatic heterocycles. The average Bonchev–Trinajstić information content (AvgIpc) is 2.83. The van der Waals surface area contributed by atoms with Crippen molar-refractivity contribution >= 4 is 23.4 Å². The Morgan fingerprint density at radius 2 is 1.67 bits per heavy atom. The van der Waals surface area contributed by atoms with Crippen molar-refractivity contribution in [2.24, 2.45) is 0 Å². The van der Waals surface area contributed by atoms with E-state index in [1.807, 2.05) is 25.1 Å². The van der Waals surface area contributed by atoms with Crippen LogP contribution in [-0.4, -0.2) is 29.9 Å². The van der Waals surface area contributed by atoms with Gasteiger partial charge in [0.15, 0.2) is 6.61 Å². The smallest absolute Gasteiger partial charge is 0.261 e. The molecule has 0 spiro atoms. The maximum atomic E-state index is 13.4. The number of rotatable bonds is 10. The zero-order valence-electron chi connectivity index (χ0n) is 18.3. The van der Waals surface area contributed by atoms with Crippen LogP contribution in [-0.2, 0) is 16.1 Å². The SMILES string of the molecule is CCCNC(=O)[C@H](c1ccccc1)N(Cc1ccc(F)cc1)C(=O)COc1ccccc1Cl. The fraction of sp³-hybridized carbons (Fsp3) is 0.231. The fourth-order valence-corrected chi connectivity index (χ4v) is 3.54. The van der Waals surface area contributed by atoms with E-state index < -0.39 is 11.9 Å². The first kappa shape index (κ1) is 24.3. The molecule has 0 aliphatic carbocycles. The van der Waals surface area contributed by atoms with E-state index in [-0.39, 0.29) is 24.9 Å². The molecule has 0 fully saturated rings. The quantitative estimate of drug-likeness (QED) is 0.447. The van der Waals surface area contributed by atoms with Gasteiger partial charge in [0.2, 0.25) is 5.91 Å². The highest BCUT2D eigenvalue weighted by atomic mass is 35.5. The van der Waals surface area contributed by atoms with Gasteiger partial charge in [-0.15, -0.1) is 0 Å². The number of nitrogens with one attached hydrogen (secondary N) is 1. The van der Waals surface area contributed by atoms with Crippen molar-refractivity contribution in [2.45, 2.75) is 25.9 Å². The Bertz CT molecular complexity index is 1060. The van der Waals surface area contributed by atoms with Crippen LogP contribution in [0.3, 0.4) is 0 Å². The lowest BCUT2D eigenvalue weighted by molar-refractivity contribution is -0.143. The minimum Gasteiger partial charge on any atom is -0.482 e. The van der Waals surface area contributed by atoms with Crippen LogP contribution in [0.15, 0.2) is 78.9 Å². The Morgan fingerprint density at radius 3 is 2.33 bits per heavy atom. The summed E-state index contributed by atoms with van der Waals surface area (Å²) in [6, 6.07) is 20.9. The van der Waals surface area contributed by atoms with Gasteiger partial charge in [-0.05, 0) is 41.8 Å². The molecule has 3 aromatic carbocycles. The maximum absolute atomic E-state index is 13.4. The van der Waals surface area contributed by atoms with Crippen LogP contribution in [0.1, 0.15) is 30.5 Å². The molecule has 3 aromatic rings. The predicted octanol–water partition coefficient (Wildman–Crippen LogP) is 5.15. The third kappa shape index (κ3) is 6.80. The molecule has 0 aliphatic heterocycles. The lowest BCUT2D eigenvalue weighted by Gasteiger charge is -2.31. The molecule has 0 saturated carbocycles. The van der Waals surface area contributed by atoms with Gasteiger partial charge in [0.25, 0.3) is 5.91 Å². The van der Waals surface area contributed by atoms with Crippen LogP contribution in [0, 0.1) is 5.82 Å². The second-order valence-electron chi connectivity index (χ2n) is 7.47. The van der Waals surface area contributed by atoms with E-state index in [2.05, 4.69) is 5.32 Å². The number of carbonyl (C=O) groups is 2. The summed E-state index contributed by atoms with van der Waals surface area (Å²) < 4.78 is 19.1.